The number of urea groups is 1. The molecule has 8 heteroatoms. The first-order valence-corrected chi connectivity index (χ1v) is 8.81. The number of para-hydroxylation sites is 1. The number of rotatable bonds is 6. The molecule has 3 rings (SSSR count). The molecule has 0 aliphatic carbocycles. The molecule has 3 amide bonds. The number of hydrogen-bond acceptors (Lipinski definition) is 4. The molecule has 2 aromatic rings. The first-order valence-electron chi connectivity index (χ1n) is 8.81. The quantitative estimate of drug-likeness (QED) is 0.612. The number of amides is 3. The zero-order valence-electron chi connectivity index (χ0n) is 15.1. The van der Waals surface area contributed by atoms with Gasteiger partial charge >= 0.3 is 12.0 Å². The van der Waals surface area contributed by atoms with Crippen LogP contribution in [0, 0.1) is 0 Å². The Balaban J connectivity index is 1.59. The molecular formula is C20H21N3O5. The second-order valence-corrected chi connectivity index (χ2v) is 6.63. The average Bonchev–Trinajstić information content (AvgIpc) is 3.10. The van der Waals surface area contributed by atoms with E-state index < -0.39 is 17.5 Å². The minimum atomic E-state index is -0.991. The number of nitrogens with one attached hydrogen (secondary N) is 3. The van der Waals surface area contributed by atoms with Crippen molar-refractivity contribution in [1.29, 1.82) is 0 Å². The van der Waals surface area contributed by atoms with E-state index in [4.69, 9.17) is 9.84 Å². The van der Waals surface area contributed by atoms with Gasteiger partial charge in [-0.15, -0.1) is 0 Å². The molecule has 4 N–H and O–H groups in total. The van der Waals surface area contributed by atoms with Crippen LogP contribution in [-0.2, 0) is 9.53 Å². The van der Waals surface area contributed by atoms with E-state index in [1.165, 1.54) is 0 Å². The number of carboxylic acids is 1. The Morgan fingerprint density at radius 2 is 1.61 bits per heavy atom. The SMILES string of the molecule is O=C(O)CC1(NC(=O)c2ccc(NC(=O)Nc3ccccc3)cc2)CCOC1. The molecule has 1 unspecified atom stereocenters. The van der Waals surface area contributed by atoms with E-state index in [0.717, 1.165) is 0 Å². The molecule has 1 fully saturated rings. The van der Waals surface area contributed by atoms with Crippen molar-refractivity contribution in [3.63, 3.8) is 0 Å². The lowest BCUT2D eigenvalue weighted by molar-refractivity contribution is -0.138. The number of benzene rings is 2. The number of anilines is 2. The summed E-state index contributed by atoms with van der Waals surface area (Å²) in [6, 6.07) is 15.0. The molecule has 1 saturated heterocycles. The van der Waals surface area contributed by atoms with Crippen LogP contribution in [-0.4, -0.2) is 41.8 Å². The van der Waals surface area contributed by atoms with E-state index in [2.05, 4.69) is 16.0 Å². The summed E-state index contributed by atoms with van der Waals surface area (Å²) in [5.41, 5.74) is 0.661. The number of carbonyl (C=O) groups excluding carboxylic acids is 2. The van der Waals surface area contributed by atoms with Crippen LogP contribution in [0.3, 0.4) is 0 Å². The van der Waals surface area contributed by atoms with Crippen LogP contribution < -0.4 is 16.0 Å². The molecule has 1 atom stereocenters. The number of carboxylic acid groups (broad SMARTS) is 1. The van der Waals surface area contributed by atoms with Crippen molar-refractivity contribution in [1.82, 2.24) is 5.32 Å². The van der Waals surface area contributed by atoms with Crippen molar-refractivity contribution in [3.05, 3.63) is 60.2 Å². The van der Waals surface area contributed by atoms with Crippen molar-refractivity contribution in [2.75, 3.05) is 23.8 Å². The lowest BCUT2D eigenvalue weighted by atomic mass is 9.93. The summed E-state index contributed by atoms with van der Waals surface area (Å²) < 4.78 is 5.28. The summed E-state index contributed by atoms with van der Waals surface area (Å²) in [7, 11) is 0. The van der Waals surface area contributed by atoms with Gasteiger partial charge in [-0.05, 0) is 42.8 Å². The van der Waals surface area contributed by atoms with Crippen LogP contribution in [0.15, 0.2) is 54.6 Å². The smallest absolute Gasteiger partial charge is 0.323 e. The lowest BCUT2D eigenvalue weighted by Gasteiger charge is -2.27. The maximum atomic E-state index is 12.5. The zero-order valence-corrected chi connectivity index (χ0v) is 15.1. The maximum absolute atomic E-state index is 12.5. The van der Waals surface area contributed by atoms with Gasteiger partial charge in [0, 0.05) is 23.5 Å². The molecule has 146 valence electrons. The molecule has 1 aliphatic heterocycles. The van der Waals surface area contributed by atoms with Gasteiger partial charge in [0.05, 0.1) is 18.6 Å². The van der Waals surface area contributed by atoms with Crippen LogP contribution >= 0.6 is 0 Å². The third-order valence-corrected chi connectivity index (χ3v) is 4.41. The second-order valence-electron chi connectivity index (χ2n) is 6.63. The molecule has 0 spiro atoms. The van der Waals surface area contributed by atoms with Gasteiger partial charge in [-0.1, -0.05) is 18.2 Å². The van der Waals surface area contributed by atoms with Gasteiger partial charge in [0.25, 0.3) is 5.91 Å². The molecule has 8 nitrogen and oxygen atoms in total. The highest BCUT2D eigenvalue weighted by Crippen LogP contribution is 2.23. The largest absolute Gasteiger partial charge is 0.481 e. The van der Waals surface area contributed by atoms with Crippen molar-refractivity contribution in [2.45, 2.75) is 18.4 Å². The molecule has 1 aliphatic rings. The zero-order chi connectivity index (χ0) is 20.0. The fourth-order valence-corrected chi connectivity index (χ4v) is 3.01. The molecule has 0 aromatic heterocycles. The normalized spacial score (nSPS) is 18.3. The Bertz CT molecular complexity index is 846. The summed E-state index contributed by atoms with van der Waals surface area (Å²) in [4.78, 5) is 35.6. The van der Waals surface area contributed by atoms with E-state index in [0.29, 0.717) is 30.0 Å². The van der Waals surface area contributed by atoms with Crippen LogP contribution in [0.4, 0.5) is 16.2 Å². The summed E-state index contributed by atoms with van der Waals surface area (Å²) in [5.74, 6) is -1.37. The highest BCUT2D eigenvalue weighted by molar-refractivity contribution is 6.00. The van der Waals surface area contributed by atoms with Gasteiger partial charge in [0.1, 0.15) is 0 Å². The number of carbonyl (C=O) groups is 3. The highest BCUT2D eigenvalue weighted by Gasteiger charge is 2.38. The fourth-order valence-electron chi connectivity index (χ4n) is 3.01. The predicted molar refractivity (Wildman–Crippen MR) is 103 cm³/mol. The molecular weight excluding hydrogens is 362 g/mol. The Hall–Kier alpha value is -3.39. The van der Waals surface area contributed by atoms with Gasteiger partial charge in [-0.2, -0.15) is 0 Å². The molecule has 28 heavy (non-hydrogen) atoms. The van der Waals surface area contributed by atoms with Gasteiger partial charge < -0.3 is 25.8 Å². The van der Waals surface area contributed by atoms with Crippen LogP contribution in [0.1, 0.15) is 23.2 Å². The summed E-state index contributed by atoms with van der Waals surface area (Å²) in [6.07, 6.45) is 0.252. The van der Waals surface area contributed by atoms with E-state index in [9.17, 15) is 14.4 Å². The van der Waals surface area contributed by atoms with E-state index in [1.807, 2.05) is 18.2 Å². The van der Waals surface area contributed by atoms with E-state index in [-0.39, 0.29) is 18.9 Å². The van der Waals surface area contributed by atoms with E-state index >= 15 is 0 Å². The first-order chi connectivity index (χ1) is 13.5. The Kier molecular flexibility index (Phi) is 5.90. The molecule has 1 heterocycles. The third kappa shape index (κ3) is 5.08. The van der Waals surface area contributed by atoms with Crippen molar-refractivity contribution < 1.29 is 24.2 Å². The third-order valence-electron chi connectivity index (χ3n) is 4.41. The lowest BCUT2D eigenvalue weighted by Crippen LogP contribution is -2.50. The minimum absolute atomic E-state index is 0.171. The summed E-state index contributed by atoms with van der Waals surface area (Å²) >= 11 is 0. The number of hydrogen-bond donors (Lipinski definition) is 4. The Morgan fingerprint density at radius 1 is 0.964 bits per heavy atom. The topological polar surface area (TPSA) is 117 Å². The molecule has 0 saturated carbocycles. The van der Waals surface area contributed by atoms with Gasteiger partial charge in [-0.3, -0.25) is 9.59 Å². The van der Waals surface area contributed by atoms with Gasteiger partial charge in [0.2, 0.25) is 0 Å². The minimum Gasteiger partial charge on any atom is -0.481 e. The Morgan fingerprint density at radius 3 is 2.18 bits per heavy atom. The van der Waals surface area contributed by atoms with Crippen molar-refractivity contribution in [2.24, 2.45) is 0 Å². The maximum Gasteiger partial charge on any atom is 0.323 e. The van der Waals surface area contributed by atoms with Crippen LogP contribution in [0.25, 0.3) is 0 Å². The van der Waals surface area contributed by atoms with E-state index in [1.54, 1.807) is 36.4 Å². The highest BCUT2D eigenvalue weighted by atomic mass is 16.5. The van der Waals surface area contributed by atoms with Gasteiger partial charge in [-0.25, -0.2) is 4.79 Å². The standard InChI is InChI=1S/C20H21N3O5/c24-17(25)12-20(10-11-28-13-20)23-18(26)14-6-8-16(9-7-14)22-19(27)21-15-4-2-1-3-5-15/h1-9H,10-13H2,(H,23,26)(H,24,25)(H2,21,22,27). The molecule has 0 bridgehead atoms. The summed E-state index contributed by atoms with van der Waals surface area (Å²) in [5, 5.41) is 17.3. The first kappa shape index (κ1) is 19.4. The number of ether oxygens (including phenoxy) is 1. The Labute approximate surface area is 161 Å². The monoisotopic (exact) mass is 383 g/mol. The molecule has 0 radical (unpaired) electrons. The fraction of sp³-hybridized carbons (Fsp3) is 0.250. The average molecular weight is 383 g/mol. The predicted octanol–water partition coefficient (Wildman–Crippen LogP) is 2.69. The molecule has 2 aromatic carbocycles. The number of aliphatic carboxylic acids is 1. The van der Waals surface area contributed by atoms with Gasteiger partial charge in [0.15, 0.2) is 0 Å². The van der Waals surface area contributed by atoms with Crippen LogP contribution in [0.2, 0.25) is 0 Å². The van der Waals surface area contributed by atoms with Crippen molar-refractivity contribution >= 4 is 29.3 Å². The van der Waals surface area contributed by atoms with Crippen LogP contribution in [0.5, 0.6) is 0 Å². The second kappa shape index (κ2) is 8.53. The van der Waals surface area contributed by atoms with Crippen molar-refractivity contribution in [3.8, 4) is 0 Å². The summed E-state index contributed by atoms with van der Waals surface area (Å²) in [6.45, 7) is 0.581.